The van der Waals surface area contributed by atoms with Gasteiger partial charge in [0.15, 0.2) is 12.1 Å². The SMILES string of the molecule is CCOC(=O)c1ccc(C=O)c(C(=O)CCBr)c1. The Bertz CT molecular complexity index is 468. The number of hydrogen-bond donors (Lipinski definition) is 0. The molecule has 5 heteroatoms. The van der Waals surface area contributed by atoms with Crippen LogP contribution in [0.1, 0.15) is 44.4 Å². The van der Waals surface area contributed by atoms with Crippen LogP contribution in [0.2, 0.25) is 0 Å². The molecule has 0 spiro atoms. The molecule has 0 N–H and O–H groups in total. The lowest BCUT2D eigenvalue weighted by atomic mass is 10.00. The van der Waals surface area contributed by atoms with Gasteiger partial charge in [0.2, 0.25) is 0 Å². The normalized spacial score (nSPS) is 9.89. The lowest BCUT2D eigenvalue weighted by Crippen LogP contribution is -2.09. The number of hydrogen-bond acceptors (Lipinski definition) is 4. The first-order valence-corrected chi connectivity index (χ1v) is 6.61. The number of rotatable bonds is 6. The topological polar surface area (TPSA) is 60.4 Å². The summed E-state index contributed by atoms with van der Waals surface area (Å²) in [5.74, 6) is -0.678. The molecule has 0 radical (unpaired) electrons. The van der Waals surface area contributed by atoms with E-state index in [-0.39, 0.29) is 35.5 Å². The fraction of sp³-hybridized carbons (Fsp3) is 0.308. The molecule has 0 amide bonds. The van der Waals surface area contributed by atoms with Crippen molar-refractivity contribution in [3.8, 4) is 0 Å². The van der Waals surface area contributed by atoms with E-state index in [9.17, 15) is 14.4 Å². The molecule has 0 bridgehead atoms. The highest BCUT2D eigenvalue weighted by Crippen LogP contribution is 2.14. The van der Waals surface area contributed by atoms with E-state index in [1.165, 1.54) is 18.2 Å². The van der Waals surface area contributed by atoms with Crippen LogP contribution in [0.15, 0.2) is 18.2 Å². The Balaban J connectivity index is 3.13. The zero-order valence-corrected chi connectivity index (χ0v) is 11.5. The molecular weight excluding hydrogens is 300 g/mol. The Hall–Kier alpha value is -1.49. The lowest BCUT2D eigenvalue weighted by Gasteiger charge is -2.06. The smallest absolute Gasteiger partial charge is 0.338 e. The number of halogens is 1. The Kier molecular flexibility index (Phi) is 5.71. The Morgan fingerprint density at radius 3 is 2.67 bits per heavy atom. The quantitative estimate of drug-likeness (QED) is 0.351. The summed E-state index contributed by atoms with van der Waals surface area (Å²) >= 11 is 3.17. The molecule has 1 aromatic rings. The van der Waals surface area contributed by atoms with Gasteiger partial charge in [0.25, 0.3) is 0 Å². The molecule has 1 rings (SSSR count). The van der Waals surface area contributed by atoms with Crippen LogP contribution in [0.4, 0.5) is 0 Å². The fourth-order valence-corrected chi connectivity index (χ4v) is 1.82. The predicted octanol–water partition coefficient (Wildman–Crippen LogP) is 2.64. The maximum absolute atomic E-state index is 11.8. The second-order valence-corrected chi connectivity index (χ2v) is 4.30. The highest BCUT2D eigenvalue weighted by atomic mass is 79.9. The van der Waals surface area contributed by atoms with Gasteiger partial charge in [0.05, 0.1) is 12.2 Å². The van der Waals surface area contributed by atoms with Crippen LogP contribution in [0, 0.1) is 0 Å². The Morgan fingerprint density at radius 1 is 1.39 bits per heavy atom. The monoisotopic (exact) mass is 312 g/mol. The van der Waals surface area contributed by atoms with Crippen LogP contribution >= 0.6 is 15.9 Å². The van der Waals surface area contributed by atoms with Gasteiger partial charge in [-0.25, -0.2) is 4.79 Å². The van der Waals surface area contributed by atoms with E-state index in [1.807, 2.05) is 0 Å². The summed E-state index contributed by atoms with van der Waals surface area (Å²) in [5, 5.41) is 0.508. The van der Waals surface area contributed by atoms with Crippen molar-refractivity contribution in [1.29, 1.82) is 0 Å². The van der Waals surface area contributed by atoms with Gasteiger partial charge in [-0.1, -0.05) is 22.0 Å². The van der Waals surface area contributed by atoms with E-state index >= 15 is 0 Å². The Morgan fingerprint density at radius 2 is 2.11 bits per heavy atom. The fourth-order valence-electron chi connectivity index (χ4n) is 1.46. The molecule has 0 aliphatic carbocycles. The van der Waals surface area contributed by atoms with Crippen molar-refractivity contribution < 1.29 is 19.1 Å². The molecule has 4 nitrogen and oxygen atoms in total. The van der Waals surface area contributed by atoms with E-state index in [1.54, 1.807) is 6.92 Å². The number of carbonyl (C=O) groups is 3. The van der Waals surface area contributed by atoms with Crippen molar-refractivity contribution in [1.82, 2.24) is 0 Å². The standard InChI is InChI=1S/C13H13BrO4/c1-2-18-13(17)9-3-4-10(8-15)11(7-9)12(16)5-6-14/h3-4,7-8H,2,5-6H2,1H3. The van der Waals surface area contributed by atoms with Crippen molar-refractivity contribution in [3.05, 3.63) is 34.9 Å². The minimum Gasteiger partial charge on any atom is -0.462 e. The maximum atomic E-state index is 11.8. The number of benzene rings is 1. The molecule has 0 aliphatic rings. The minimum absolute atomic E-state index is 0.180. The average Bonchev–Trinajstić information content (AvgIpc) is 2.38. The van der Waals surface area contributed by atoms with Crippen LogP contribution in [-0.2, 0) is 4.74 Å². The molecule has 0 unspecified atom stereocenters. The van der Waals surface area contributed by atoms with Gasteiger partial charge >= 0.3 is 5.97 Å². The van der Waals surface area contributed by atoms with Crippen LogP contribution in [0.25, 0.3) is 0 Å². The van der Waals surface area contributed by atoms with Crippen molar-refractivity contribution in [2.45, 2.75) is 13.3 Å². The second kappa shape index (κ2) is 7.06. The molecule has 0 saturated heterocycles. The zero-order valence-electron chi connectivity index (χ0n) is 9.94. The van der Waals surface area contributed by atoms with Crippen LogP contribution in [0.3, 0.4) is 0 Å². The molecule has 0 heterocycles. The number of ether oxygens (including phenoxy) is 1. The highest BCUT2D eigenvalue weighted by Gasteiger charge is 2.15. The van der Waals surface area contributed by atoms with E-state index in [4.69, 9.17) is 4.74 Å². The number of aldehydes is 1. The molecule has 0 aromatic heterocycles. The largest absolute Gasteiger partial charge is 0.462 e. The average molecular weight is 313 g/mol. The van der Waals surface area contributed by atoms with Crippen molar-refractivity contribution >= 4 is 34.0 Å². The van der Waals surface area contributed by atoms with Crippen LogP contribution < -0.4 is 0 Å². The first kappa shape index (κ1) is 14.6. The van der Waals surface area contributed by atoms with E-state index in [2.05, 4.69) is 15.9 Å². The first-order valence-electron chi connectivity index (χ1n) is 5.49. The summed E-state index contributed by atoms with van der Waals surface area (Å²) in [5.41, 5.74) is 0.823. The Labute approximate surface area is 113 Å². The molecule has 0 aliphatic heterocycles. The van der Waals surface area contributed by atoms with E-state index in [0.717, 1.165) is 0 Å². The van der Waals surface area contributed by atoms with Crippen LogP contribution in [0.5, 0.6) is 0 Å². The third-order valence-electron chi connectivity index (χ3n) is 2.31. The van der Waals surface area contributed by atoms with Gasteiger partial charge in [0.1, 0.15) is 0 Å². The summed E-state index contributed by atoms with van der Waals surface area (Å²) in [7, 11) is 0. The van der Waals surface area contributed by atoms with Crippen molar-refractivity contribution in [3.63, 3.8) is 0 Å². The summed E-state index contributed by atoms with van der Waals surface area (Å²) in [6.07, 6.45) is 0.878. The number of ketones is 1. The van der Waals surface area contributed by atoms with Crippen molar-refractivity contribution in [2.24, 2.45) is 0 Å². The summed E-state index contributed by atoms with van der Waals surface area (Å²) in [6.45, 7) is 1.97. The lowest BCUT2D eigenvalue weighted by molar-refractivity contribution is 0.0526. The molecule has 18 heavy (non-hydrogen) atoms. The predicted molar refractivity (Wildman–Crippen MR) is 70.5 cm³/mol. The van der Waals surface area contributed by atoms with Gasteiger partial charge in [-0.15, -0.1) is 0 Å². The molecule has 0 fully saturated rings. The number of alkyl halides is 1. The van der Waals surface area contributed by atoms with Crippen molar-refractivity contribution in [2.75, 3.05) is 11.9 Å². The third-order valence-corrected chi connectivity index (χ3v) is 2.71. The summed E-state index contributed by atoms with van der Waals surface area (Å²) in [6, 6.07) is 4.35. The number of carbonyl (C=O) groups excluding carboxylic acids is 3. The summed E-state index contributed by atoms with van der Waals surface area (Å²) < 4.78 is 4.85. The van der Waals surface area contributed by atoms with Gasteiger partial charge < -0.3 is 4.74 Å². The molecule has 0 saturated carbocycles. The minimum atomic E-state index is -0.497. The highest BCUT2D eigenvalue weighted by molar-refractivity contribution is 9.09. The summed E-state index contributed by atoms with van der Waals surface area (Å²) in [4.78, 5) is 34.2. The molecular formula is C13H13BrO4. The molecule has 1 aromatic carbocycles. The van der Waals surface area contributed by atoms with E-state index in [0.29, 0.717) is 11.6 Å². The number of Topliss-reactive ketones (excluding diaryl/α,β-unsaturated/α-hetero) is 1. The number of esters is 1. The first-order chi connectivity index (χ1) is 8.63. The third kappa shape index (κ3) is 3.50. The van der Waals surface area contributed by atoms with Gasteiger partial charge in [-0.3, -0.25) is 9.59 Å². The van der Waals surface area contributed by atoms with Gasteiger partial charge in [-0.2, -0.15) is 0 Å². The van der Waals surface area contributed by atoms with Crippen LogP contribution in [-0.4, -0.2) is 30.0 Å². The van der Waals surface area contributed by atoms with E-state index < -0.39 is 5.97 Å². The molecule has 96 valence electrons. The van der Waals surface area contributed by atoms with Gasteiger partial charge in [-0.05, 0) is 19.1 Å². The van der Waals surface area contributed by atoms with Gasteiger partial charge in [0, 0.05) is 22.9 Å². The zero-order chi connectivity index (χ0) is 13.5. The maximum Gasteiger partial charge on any atom is 0.338 e. The second-order valence-electron chi connectivity index (χ2n) is 3.50. The molecule has 0 atom stereocenters.